The first-order valence-corrected chi connectivity index (χ1v) is 3.94. The van der Waals surface area contributed by atoms with Crippen LogP contribution in [-0.4, -0.2) is 11.1 Å². The second-order valence-corrected chi connectivity index (χ2v) is 3.04. The van der Waals surface area contributed by atoms with Crippen LogP contribution in [0.2, 0.25) is 0 Å². The van der Waals surface area contributed by atoms with E-state index in [9.17, 15) is 13.6 Å². The van der Waals surface area contributed by atoms with Crippen molar-refractivity contribution in [2.24, 2.45) is 0 Å². The van der Waals surface area contributed by atoms with Gasteiger partial charge in [-0.15, -0.1) is 0 Å². The molecular weight excluding hydrogens is 248 g/mol. The van der Waals surface area contributed by atoms with Gasteiger partial charge in [0.25, 0.3) is 5.91 Å². The molecule has 0 aliphatic heterocycles. The molecule has 0 radical (unpaired) electrons. The first kappa shape index (κ1) is 10.1. The summed E-state index contributed by atoms with van der Waals surface area (Å²) >= 11 is 2.84. The maximum Gasteiger partial charge on any atom is 0.275 e. The molecule has 13 heavy (non-hydrogen) atoms. The van der Waals surface area contributed by atoms with Gasteiger partial charge in [0.15, 0.2) is 11.6 Å². The van der Waals surface area contributed by atoms with Crippen LogP contribution in [0, 0.1) is 11.6 Å². The fourth-order valence-electron chi connectivity index (χ4n) is 0.757. The Kier molecular flexibility index (Phi) is 2.94. The molecule has 1 amide bonds. The zero-order chi connectivity index (χ0) is 10.0. The number of hydrogen-bond donors (Lipinski definition) is 2. The summed E-state index contributed by atoms with van der Waals surface area (Å²) in [6.07, 6.45) is 0. The summed E-state index contributed by atoms with van der Waals surface area (Å²) in [5, 5.41) is 8.24. The third kappa shape index (κ3) is 2.02. The molecule has 3 nitrogen and oxygen atoms in total. The number of nitrogens with one attached hydrogen (secondary N) is 1. The molecule has 0 saturated heterocycles. The van der Waals surface area contributed by atoms with E-state index in [1.165, 1.54) is 5.48 Å². The molecule has 0 saturated carbocycles. The summed E-state index contributed by atoms with van der Waals surface area (Å²) < 4.78 is 25.2. The first-order valence-electron chi connectivity index (χ1n) is 3.15. The number of carbonyl (C=O) groups is 1. The van der Waals surface area contributed by atoms with Crippen LogP contribution in [0.15, 0.2) is 16.6 Å². The van der Waals surface area contributed by atoms with Crippen LogP contribution in [0.3, 0.4) is 0 Å². The molecule has 0 fully saturated rings. The van der Waals surface area contributed by atoms with E-state index in [0.29, 0.717) is 6.07 Å². The zero-order valence-electron chi connectivity index (χ0n) is 6.14. The van der Waals surface area contributed by atoms with E-state index < -0.39 is 17.5 Å². The minimum atomic E-state index is -1.15. The molecule has 0 bridgehead atoms. The van der Waals surface area contributed by atoms with Crippen LogP contribution in [0.1, 0.15) is 10.4 Å². The van der Waals surface area contributed by atoms with Gasteiger partial charge in [0, 0.05) is 4.47 Å². The van der Waals surface area contributed by atoms with Crippen LogP contribution in [0.5, 0.6) is 0 Å². The van der Waals surface area contributed by atoms with Crippen LogP contribution in [-0.2, 0) is 0 Å². The molecule has 1 rings (SSSR count). The second kappa shape index (κ2) is 3.80. The fourth-order valence-corrected chi connectivity index (χ4v) is 1.25. The summed E-state index contributed by atoms with van der Waals surface area (Å²) in [7, 11) is 0. The lowest BCUT2D eigenvalue weighted by Crippen LogP contribution is -2.19. The molecule has 0 unspecified atom stereocenters. The summed E-state index contributed by atoms with van der Waals surface area (Å²) in [4.78, 5) is 10.8. The summed E-state index contributed by atoms with van der Waals surface area (Å²) in [5.41, 5.74) is 1.13. The molecule has 2 N–H and O–H groups in total. The number of hydroxylamine groups is 1. The highest BCUT2D eigenvalue weighted by atomic mass is 79.9. The van der Waals surface area contributed by atoms with Crippen LogP contribution in [0.25, 0.3) is 0 Å². The molecule has 6 heteroatoms. The van der Waals surface area contributed by atoms with Crippen molar-refractivity contribution in [3.8, 4) is 0 Å². The van der Waals surface area contributed by atoms with Gasteiger partial charge in [-0.25, -0.2) is 14.3 Å². The van der Waals surface area contributed by atoms with Gasteiger partial charge in [-0.05, 0) is 28.1 Å². The summed E-state index contributed by atoms with van der Waals surface area (Å²) in [6.45, 7) is 0. The maximum atomic E-state index is 12.6. The third-order valence-corrected chi connectivity index (χ3v) is 2.01. The van der Waals surface area contributed by atoms with E-state index in [1.807, 2.05) is 0 Å². The number of hydrogen-bond acceptors (Lipinski definition) is 2. The number of benzene rings is 1. The lowest BCUT2D eigenvalue weighted by atomic mass is 10.2. The van der Waals surface area contributed by atoms with Gasteiger partial charge in [0.1, 0.15) is 0 Å². The quantitative estimate of drug-likeness (QED) is 0.455. The van der Waals surface area contributed by atoms with Crippen molar-refractivity contribution in [2.75, 3.05) is 0 Å². The molecule has 70 valence electrons. The Morgan fingerprint density at radius 2 is 1.92 bits per heavy atom. The highest BCUT2D eigenvalue weighted by molar-refractivity contribution is 9.10. The molecule has 1 aromatic carbocycles. The molecule has 0 aliphatic carbocycles. The van der Waals surface area contributed by atoms with E-state index in [-0.39, 0.29) is 10.0 Å². The van der Waals surface area contributed by atoms with Crippen molar-refractivity contribution in [3.63, 3.8) is 0 Å². The number of rotatable bonds is 1. The van der Waals surface area contributed by atoms with Crippen molar-refractivity contribution < 1.29 is 18.8 Å². The molecule has 0 spiro atoms. The fraction of sp³-hybridized carbons (Fsp3) is 0. The maximum absolute atomic E-state index is 12.6. The van der Waals surface area contributed by atoms with Crippen molar-refractivity contribution in [1.29, 1.82) is 0 Å². The lowest BCUT2D eigenvalue weighted by Gasteiger charge is -2.02. The van der Waals surface area contributed by atoms with E-state index in [4.69, 9.17) is 5.21 Å². The van der Waals surface area contributed by atoms with Crippen LogP contribution >= 0.6 is 15.9 Å². The predicted octanol–water partition coefficient (Wildman–Crippen LogP) is 1.85. The van der Waals surface area contributed by atoms with E-state index in [1.54, 1.807) is 0 Å². The van der Waals surface area contributed by atoms with Crippen molar-refractivity contribution >= 4 is 21.8 Å². The summed E-state index contributed by atoms with van der Waals surface area (Å²) in [6, 6.07) is 1.49. The summed E-state index contributed by atoms with van der Waals surface area (Å²) in [5.74, 6) is -3.13. The monoisotopic (exact) mass is 251 g/mol. The largest absolute Gasteiger partial charge is 0.288 e. The average Bonchev–Trinajstić information content (AvgIpc) is 2.10. The number of halogens is 3. The van der Waals surface area contributed by atoms with Gasteiger partial charge in [0.05, 0.1) is 5.56 Å². The standard InChI is InChI=1S/C7H4BrF2NO2/c8-4-2-6(10)5(9)1-3(4)7(12)11-13/h1-2,13H,(H,11,12). The average molecular weight is 252 g/mol. The van der Waals surface area contributed by atoms with Gasteiger partial charge >= 0.3 is 0 Å². The van der Waals surface area contributed by atoms with Crippen LogP contribution in [0.4, 0.5) is 8.78 Å². The van der Waals surface area contributed by atoms with Gasteiger partial charge in [-0.2, -0.15) is 0 Å². The smallest absolute Gasteiger partial charge is 0.275 e. The lowest BCUT2D eigenvalue weighted by molar-refractivity contribution is 0.0705. The number of carbonyl (C=O) groups excluding carboxylic acids is 1. The SMILES string of the molecule is O=C(NO)c1cc(F)c(F)cc1Br. The third-order valence-electron chi connectivity index (χ3n) is 1.36. The zero-order valence-corrected chi connectivity index (χ0v) is 7.73. The Labute approximate surface area is 80.5 Å². The van der Waals surface area contributed by atoms with Gasteiger partial charge in [-0.1, -0.05) is 0 Å². The molecule has 0 atom stereocenters. The second-order valence-electron chi connectivity index (χ2n) is 2.19. The van der Waals surface area contributed by atoms with E-state index in [2.05, 4.69) is 15.9 Å². The molecule has 0 heterocycles. The van der Waals surface area contributed by atoms with Crippen molar-refractivity contribution in [3.05, 3.63) is 33.8 Å². The topological polar surface area (TPSA) is 49.3 Å². The Morgan fingerprint density at radius 3 is 2.46 bits per heavy atom. The van der Waals surface area contributed by atoms with E-state index in [0.717, 1.165) is 6.07 Å². The molecular formula is C7H4BrF2NO2. The molecule has 0 aliphatic rings. The minimum absolute atomic E-state index is 0.0675. The molecule has 1 aromatic rings. The number of amides is 1. The first-order chi connectivity index (χ1) is 6.06. The van der Waals surface area contributed by atoms with E-state index >= 15 is 0 Å². The Balaban J connectivity index is 3.23. The Bertz CT molecular complexity index is 357. The van der Waals surface area contributed by atoms with Crippen LogP contribution < -0.4 is 5.48 Å². The van der Waals surface area contributed by atoms with Gasteiger partial charge < -0.3 is 0 Å². The van der Waals surface area contributed by atoms with Gasteiger partial charge in [0.2, 0.25) is 0 Å². The minimum Gasteiger partial charge on any atom is -0.288 e. The van der Waals surface area contributed by atoms with Crippen molar-refractivity contribution in [2.45, 2.75) is 0 Å². The molecule has 0 aromatic heterocycles. The Morgan fingerprint density at radius 1 is 1.38 bits per heavy atom. The van der Waals surface area contributed by atoms with Gasteiger partial charge in [-0.3, -0.25) is 10.0 Å². The Hall–Kier alpha value is -1.01. The highest BCUT2D eigenvalue weighted by Crippen LogP contribution is 2.20. The van der Waals surface area contributed by atoms with Crippen molar-refractivity contribution in [1.82, 2.24) is 5.48 Å². The highest BCUT2D eigenvalue weighted by Gasteiger charge is 2.13. The predicted molar refractivity (Wildman–Crippen MR) is 43.3 cm³/mol. The normalized spacial score (nSPS) is 9.85.